The van der Waals surface area contributed by atoms with Crippen LogP contribution in [0.4, 0.5) is 10.1 Å². The van der Waals surface area contributed by atoms with Crippen LogP contribution in [0.2, 0.25) is 0 Å². The summed E-state index contributed by atoms with van der Waals surface area (Å²) >= 11 is 0. The molecule has 1 aliphatic heterocycles. The van der Waals surface area contributed by atoms with E-state index in [-0.39, 0.29) is 17.8 Å². The number of carbonyl (C=O) groups is 2. The number of aliphatic hydroxyl groups is 1. The predicted molar refractivity (Wildman–Crippen MR) is 97.4 cm³/mol. The first-order valence-corrected chi connectivity index (χ1v) is 8.62. The molecule has 1 N–H and O–H groups in total. The van der Waals surface area contributed by atoms with Crippen LogP contribution in [0.25, 0.3) is 0 Å². The molecule has 0 radical (unpaired) electrons. The summed E-state index contributed by atoms with van der Waals surface area (Å²) < 4.78 is 13.3. The van der Waals surface area contributed by atoms with Crippen molar-refractivity contribution in [2.45, 2.75) is 32.7 Å². The fourth-order valence-corrected chi connectivity index (χ4v) is 3.20. The lowest BCUT2D eigenvalue weighted by Gasteiger charge is -2.27. The minimum absolute atomic E-state index is 0.0590. The molecule has 1 heterocycles. The molecule has 1 unspecified atom stereocenters. The van der Waals surface area contributed by atoms with Gasteiger partial charge in [0.2, 0.25) is 0 Å². The molecular formula is C21H20FNO3. The molecule has 2 aromatic rings. The highest BCUT2D eigenvalue weighted by Crippen LogP contribution is 2.41. The van der Waals surface area contributed by atoms with Crippen LogP contribution in [0.5, 0.6) is 0 Å². The molecule has 1 aliphatic rings. The first-order valence-electron chi connectivity index (χ1n) is 8.62. The molecule has 0 bridgehead atoms. The summed E-state index contributed by atoms with van der Waals surface area (Å²) in [6, 6.07) is 12.2. The first-order chi connectivity index (χ1) is 12.5. The van der Waals surface area contributed by atoms with E-state index in [4.69, 9.17) is 0 Å². The number of nitrogens with zero attached hydrogens (tertiary/aromatic N) is 1. The van der Waals surface area contributed by atoms with Gasteiger partial charge in [-0.2, -0.15) is 0 Å². The van der Waals surface area contributed by atoms with E-state index in [1.165, 1.54) is 29.2 Å². The summed E-state index contributed by atoms with van der Waals surface area (Å²) in [5, 5.41) is 10.4. The van der Waals surface area contributed by atoms with E-state index in [9.17, 15) is 19.1 Å². The van der Waals surface area contributed by atoms with E-state index in [2.05, 4.69) is 0 Å². The molecular weight excluding hydrogens is 333 g/mol. The molecule has 0 saturated carbocycles. The zero-order valence-electron chi connectivity index (χ0n) is 14.7. The standard InChI is InChI=1S/C21H20FNO3/c1-3-13-5-11-16(12-6-13)23-19(14-7-9-15(22)10-8-14)18(17(24)4-2)20(25)21(23)26/h5-12,19,25H,3-4H2,1-2H3. The zero-order chi connectivity index (χ0) is 18.8. The van der Waals surface area contributed by atoms with E-state index in [0.717, 1.165) is 12.0 Å². The van der Waals surface area contributed by atoms with Crippen molar-refractivity contribution < 1.29 is 19.1 Å². The van der Waals surface area contributed by atoms with Crippen molar-refractivity contribution in [3.63, 3.8) is 0 Å². The van der Waals surface area contributed by atoms with Crippen molar-refractivity contribution in [2.75, 3.05) is 4.90 Å². The second-order valence-corrected chi connectivity index (χ2v) is 6.19. The third-order valence-electron chi connectivity index (χ3n) is 4.64. The number of Topliss-reactive ketones (excluding diaryl/α,β-unsaturated/α-hetero) is 1. The highest BCUT2D eigenvalue weighted by atomic mass is 19.1. The Bertz CT molecular complexity index is 869. The van der Waals surface area contributed by atoms with Gasteiger partial charge in [-0.25, -0.2) is 4.39 Å². The summed E-state index contributed by atoms with van der Waals surface area (Å²) in [5.74, 6) is -1.88. The van der Waals surface area contributed by atoms with Gasteiger partial charge in [0, 0.05) is 12.1 Å². The smallest absolute Gasteiger partial charge is 0.294 e. The molecule has 0 aromatic heterocycles. The fraction of sp³-hybridized carbons (Fsp3) is 0.238. The molecule has 0 fully saturated rings. The van der Waals surface area contributed by atoms with Gasteiger partial charge in [0.1, 0.15) is 5.82 Å². The summed E-state index contributed by atoms with van der Waals surface area (Å²) in [6.45, 7) is 3.70. The maximum absolute atomic E-state index is 13.3. The largest absolute Gasteiger partial charge is 0.503 e. The lowest BCUT2D eigenvalue weighted by atomic mass is 9.95. The molecule has 0 spiro atoms. The topological polar surface area (TPSA) is 57.6 Å². The van der Waals surface area contributed by atoms with E-state index >= 15 is 0 Å². The first kappa shape index (κ1) is 17.9. The number of rotatable bonds is 5. The Morgan fingerprint density at radius 1 is 1.08 bits per heavy atom. The fourth-order valence-electron chi connectivity index (χ4n) is 3.20. The third kappa shape index (κ3) is 3.01. The minimum atomic E-state index is -0.775. The second-order valence-electron chi connectivity index (χ2n) is 6.19. The maximum Gasteiger partial charge on any atom is 0.294 e. The maximum atomic E-state index is 13.3. The molecule has 2 aromatic carbocycles. The van der Waals surface area contributed by atoms with Crippen molar-refractivity contribution in [1.29, 1.82) is 0 Å². The molecule has 26 heavy (non-hydrogen) atoms. The Kier molecular flexibility index (Phi) is 4.89. The van der Waals surface area contributed by atoms with E-state index in [1.54, 1.807) is 19.1 Å². The average molecular weight is 353 g/mol. The van der Waals surface area contributed by atoms with Crippen LogP contribution < -0.4 is 4.90 Å². The third-order valence-corrected chi connectivity index (χ3v) is 4.64. The van der Waals surface area contributed by atoms with E-state index < -0.39 is 23.5 Å². The van der Waals surface area contributed by atoms with E-state index in [1.807, 2.05) is 19.1 Å². The van der Waals surface area contributed by atoms with Crippen molar-refractivity contribution in [2.24, 2.45) is 0 Å². The highest BCUT2D eigenvalue weighted by Gasteiger charge is 2.43. The number of benzene rings is 2. The van der Waals surface area contributed by atoms with Gasteiger partial charge in [-0.05, 0) is 41.8 Å². The zero-order valence-corrected chi connectivity index (χ0v) is 14.7. The van der Waals surface area contributed by atoms with Crippen molar-refractivity contribution >= 4 is 17.4 Å². The number of amides is 1. The second kappa shape index (κ2) is 7.12. The normalized spacial score (nSPS) is 17.1. The van der Waals surface area contributed by atoms with Crippen LogP contribution >= 0.6 is 0 Å². The summed E-state index contributed by atoms with van der Waals surface area (Å²) in [7, 11) is 0. The lowest BCUT2D eigenvalue weighted by molar-refractivity contribution is -0.118. The van der Waals surface area contributed by atoms with Crippen LogP contribution in [0.3, 0.4) is 0 Å². The van der Waals surface area contributed by atoms with Gasteiger partial charge in [0.05, 0.1) is 11.6 Å². The number of anilines is 1. The number of halogens is 1. The van der Waals surface area contributed by atoms with Crippen molar-refractivity contribution in [3.05, 3.63) is 76.8 Å². The van der Waals surface area contributed by atoms with Gasteiger partial charge in [0.25, 0.3) is 5.91 Å². The molecule has 1 amide bonds. The molecule has 0 saturated heterocycles. The molecule has 3 rings (SSSR count). The quantitative estimate of drug-likeness (QED) is 0.873. The summed E-state index contributed by atoms with van der Waals surface area (Å²) in [4.78, 5) is 26.6. The number of hydrogen-bond acceptors (Lipinski definition) is 3. The summed E-state index contributed by atoms with van der Waals surface area (Å²) in [5.41, 5.74) is 2.32. The number of aliphatic hydroxyl groups excluding tert-OH is 1. The van der Waals surface area contributed by atoms with Gasteiger partial charge in [-0.1, -0.05) is 38.1 Å². The molecule has 4 nitrogen and oxygen atoms in total. The van der Waals surface area contributed by atoms with Crippen molar-refractivity contribution in [3.8, 4) is 0 Å². The highest BCUT2D eigenvalue weighted by molar-refractivity contribution is 6.16. The molecule has 0 aliphatic carbocycles. The number of aryl methyl sites for hydroxylation is 1. The average Bonchev–Trinajstić information content (AvgIpc) is 2.93. The number of carbonyl (C=O) groups excluding carboxylic acids is 2. The Balaban J connectivity index is 2.13. The van der Waals surface area contributed by atoms with Crippen molar-refractivity contribution in [1.82, 2.24) is 0 Å². The van der Waals surface area contributed by atoms with Crippen LogP contribution in [0.15, 0.2) is 59.9 Å². The number of ketones is 1. The Hall–Kier alpha value is -2.95. The van der Waals surface area contributed by atoms with Crippen LogP contribution in [-0.4, -0.2) is 16.8 Å². The van der Waals surface area contributed by atoms with Gasteiger partial charge < -0.3 is 5.11 Å². The number of hydrogen-bond donors (Lipinski definition) is 1. The van der Waals surface area contributed by atoms with Crippen LogP contribution in [-0.2, 0) is 16.0 Å². The minimum Gasteiger partial charge on any atom is -0.503 e. The van der Waals surface area contributed by atoms with Gasteiger partial charge in [-0.15, -0.1) is 0 Å². The van der Waals surface area contributed by atoms with Crippen LogP contribution in [0.1, 0.15) is 37.4 Å². The molecule has 134 valence electrons. The predicted octanol–water partition coefficient (Wildman–Crippen LogP) is 4.27. The van der Waals surface area contributed by atoms with Crippen LogP contribution in [0, 0.1) is 5.82 Å². The Morgan fingerprint density at radius 2 is 1.69 bits per heavy atom. The monoisotopic (exact) mass is 353 g/mol. The molecule has 1 atom stereocenters. The Morgan fingerprint density at radius 3 is 2.23 bits per heavy atom. The summed E-state index contributed by atoms with van der Waals surface area (Å²) in [6.07, 6.45) is 1.02. The van der Waals surface area contributed by atoms with Gasteiger partial charge >= 0.3 is 0 Å². The van der Waals surface area contributed by atoms with Gasteiger partial charge in [-0.3, -0.25) is 14.5 Å². The SMILES string of the molecule is CCC(=O)C1=C(O)C(=O)N(c2ccc(CC)cc2)C1c1ccc(F)cc1. The Labute approximate surface area is 151 Å². The lowest BCUT2D eigenvalue weighted by Crippen LogP contribution is -2.31. The molecule has 5 heteroatoms. The van der Waals surface area contributed by atoms with E-state index in [0.29, 0.717) is 11.3 Å². The van der Waals surface area contributed by atoms with Gasteiger partial charge in [0.15, 0.2) is 11.5 Å².